The van der Waals surface area contributed by atoms with E-state index in [0.717, 1.165) is 31.8 Å². The molecule has 1 aliphatic rings. The van der Waals surface area contributed by atoms with Gasteiger partial charge in [-0.25, -0.2) is 0 Å². The molecular weight excluding hydrogens is 212 g/mol. The lowest BCUT2D eigenvalue weighted by atomic mass is 9.91. The van der Waals surface area contributed by atoms with Crippen molar-refractivity contribution in [3.05, 3.63) is 0 Å². The standard InChI is InChI=1S/C14H28N2O/c1-3-5-12-7-9-16(10-8-12)14(17)13(11-15)6-4-2/h12-13H,3-11,15H2,1-2H3. The molecule has 1 aliphatic heterocycles. The molecule has 1 atom stereocenters. The van der Waals surface area contributed by atoms with Crippen molar-refractivity contribution in [2.45, 2.75) is 52.4 Å². The lowest BCUT2D eigenvalue weighted by Crippen LogP contribution is -2.43. The summed E-state index contributed by atoms with van der Waals surface area (Å²) in [4.78, 5) is 14.3. The fourth-order valence-electron chi connectivity index (χ4n) is 2.80. The summed E-state index contributed by atoms with van der Waals surface area (Å²) in [7, 11) is 0. The van der Waals surface area contributed by atoms with Crippen molar-refractivity contribution in [1.29, 1.82) is 0 Å². The van der Waals surface area contributed by atoms with E-state index in [-0.39, 0.29) is 5.92 Å². The van der Waals surface area contributed by atoms with Crippen LogP contribution in [0.25, 0.3) is 0 Å². The third kappa shape index (κ3) is 4.30. The smallest absolute Gasteiger partial charge is 0.226 e. The fraction of sp³-hybridized carbons (Fsp3) is 0.929. The highest BCUT2D eigenvalue weighted by atomic mass is 16.2. The first kappa shape index (κ1) is 14.5. The van der Waals surface area contributed by atoms with Gasteiger partial charge in [0, 0.05) is 19.6 Å². The molecule has 0 aromatic heterocycles. The molecule has 100 valence electrons. The summed E-state index contributed by atoms with van der Waals surface area (Å²) in [6, 6.07) is 0. The van der Waals surface area contributed by atoms with Crippen molar-refractivity contribution in [2.75, 3.05) is 19.6 Å². The first-order chi connectivity index (χ1) is 8.22. The summed E-state index contributed by atoms with van der Waals surface area (Å²) in [6.07, 6.45) is 6.92. The SMILES string of the molecule is CCCC1CCN(C(=O)C(CN)CCC)CC1. The molecule has 0 aliphatic carbocycles. The Balaban J connectivity index is 2.39. The van der Waals surface area contributed by atoms with Crippen LogP contribution >= 0.6 is 0 Å². The molecule has 17 heavy (non-hydrogen) atoms. The second kappa shape index (κ2) is 7.70. The largest absolute Gasteiger partial charge is 0.342 e. The van der Waals surface area contributed by atoms with Gasteiger partial charge in [-0.2, -0.15) is 0 Å². The predicted octanol–water partition coefficient (Wildman–Crippen LogP) is 2.40. The maximum Gasteiger partial charge on any atom is 0.226 e. The predicted molar refractivity (Wildman–Crippen MR) is 71.7 cm³/mol. The topological polar surface area (TPSA) is 46.3 Å². The van der Waals surface area contributed by atoms with E-state index in [1.165, 1.54) is 25.7 Å². The monoisotopic (exact) mass is 240 g/mol. The first-order valence-electron chi connectivity index (χ1n) is 7.21. The Labute approximate surface area is 106 Å². The van der Waals surface area contributed by atoms with E-state index in [0.29, 0.717) is 12.5 Å². The summed E-state index contributed by atoms with van der Waals surface area (Å²) in [5.41, 5.74) is 5.69. The summed E-state index contributed by atoms with van der Waals surface area (Å²) < 4.78 is 0. The van der Waals surface area contributed by atoms with Crippen LogP contribution in [0.4, 0.5) is 0 Å². The van der Waals surface area contributed by atoms with Crippen molar-refractivity contribution >= 4 is 5.91 Å². The minimum atomic E-state index is 0.0581. The van der Waals surface area contributed by atoms with Gasteiger partial charge in [-0.15, -0.1) is 0 Å². The summed E-state index contributed by atoms with van der Waals surface area (Å²) >= 11 is 0. The highest BCUT2D eigenvalue weighted by molar-refractivity contribution is 5.79. The molecular formula is C14H28N2O. The van der Waals surface area contributed by atoms with Crippen molar-refractivity contribution < 1.29 is 4.79 Å². The molecule has 2 N–H and O–H groups in total. The minimum Gasteiger partial charge on any atom is -0.342 e. The van der Waals surface area contributed by atoms with Crippen LogP contribution in [0.1, 0.15) is 52.4 Å². The number of hydrogen-bond acceptors (Lipinski definition) is 2. The van der Waals surface area contributed by atoms with Gasteiger partial charge in [0.05, 0.1) is 5.92 Å². The Kier molecular flexibility index (Phi) is 6.56. The molecule has 1 heterocycles. The molecule has 1 saturated heterocycles. The molecule has 3 nitrogen and oxygen atoms in total. The Bertz CT molecular complexity index is 222. The van der Waals surface area contributed by atoms with Gasteiger partial charge in [0.15, 0.2) is 0 Å². The molecule has 1 unspecified atom stereocenters. The van der Waals surface area contributed by atoms with Crippen LogP contribution < -0.4 is 5.73 Å². The second-order valence-electron chi connectivity index (χ2n) is 5.28. The normalized spacial score (nSPS) is 19.4. The molecule has 0 aromatic carbocycles. The van der Waals surface area contributed by atoms with Gasteiger partial charge >= 0.3 is 0 Å². The van der Waals surface area contributed by atoms with E-state index in [2.05, 4.69) is 13.8 Å². The van der Waals surface area contributed by atoms with E-state index in [1.54, 1.807) is 0 Å². The van der Waals surface area contributed by atoms with Gasteiger partial charge in [-0.1, -0.05) is 33.1 Å². The molecule has 1 rings (SSSR count). The minimum absolute atomic E-state index is 0.0581. The average Bonchev–Trinajstić information content (AvgIpc) is 2.36. The van der Waals surface area contributed by atoms with Crippen LogP contribution in [0.5, 0.6) is 0 Å². The van der Waals surface area contributed by atoms with E-state index in [9.17, 15) is 4.79 Å². The van der Waals surface area contributed by atoms with Gasteiger partial charge in [0.25, 0.3) is 0 Å². The van der Waals surface area contributed by atoms with Gasteiger partial charge in [-0.3, -0.25) is 4.79 Å². The molecule has 1 amide bonds. The van der Waals surface area contributed by atoms with Gasteiger partial charge in [0.2, 0.25) is 5.91 Å². The van der Waals surface area contributed by atoms with Crippen LogP contribution in [0.15, 0.2) is 0 Å². The van der Waals surface area contributed by atoms with Gasteiger partial charge in [0.1, 0.15) is 0 Å². The van der Waals surface area contributed by atoms with Crippen molar-refractivity contribution in [3.63, 3.8) is 0 Å². The molecule has 0 bridgehead atoms. The Hall–Kier alpha value is -0.570. The lowest BCUT2D eigenvalue weighted by molar-refractivity contribution is -0.136. The third-order valence-corrected chi connectivity index (χ3v) is 3.89. The maximum absolute atomic E-state index is 12.2. The van der Waals surface area contributed by atoms with E-state index in [4.69, 9.17) is 5.73 Å². The number of amides is 1. The van der Waals surface area contributed by atoms with Crippen molar-refractivity contribution in [3.8, 4) is 0 Å². The highest BCUT2D eigenvalue weighted by Crippen LogP contribution is 2.23. The number of hydrogen-bond donors (Lipinski definition) is 1. The quantitative estimate of drug-likeness (QED) is 0.775. The number of nitrogens with zero attached hydrogens (tertiary/aromatic N) is 1. The molecule has 0 spiro atoms. The zero-order valence-corrected chi connectivity index (χ0v) is 11.5. The van der Waals surface area contributed by atoms with Crippen LogP contribution in [0, 0.1) is 11.8 Å². The molecule has 3 heteroatoms. The summed E-state index contributed by atoms with van der Waals surface area (Å²) in [6.45, 7) is 6.75. The lowest BCUT2D eigenvalue weighted by Gasteiger charge is -2.34. The number of carbonyl (C=O) groups is 1. The highest BCUT2D eigenvalue weighted by Gasteiger charge is 2.26. The molecule has 1 fully saturated rings. The summed E-state index contributed by atoms with van der Waals surface area (Å²) in [5, 5.41) is 0. The number of carbonyl (C=O) groups excluding carboxylic acids is 1. The van der Waals surface area contributed by atoms with Crippen molar-refractivity contribution in [1.82, 2.24) is 4.90 Å². The zero-order chi connectivity index (χ0) is 12.7. The molecule has 0 aromatic rings. The second-order valence-corrected chi connectivity index (χ2v) is 5.28. The Morgan fingerprint density at radius 1 is 1.29 bits per heavy atom. The number of rotatable bonds is 6. The number of likely N-dealkylation sites (tertiary alicyclic amines) is 1. The zero-order valence-electron chi connectivity index (χ0n) is 11.5. The first-order valence-corrected chi connectivity index (χ1v) is 7.21. The van der Waals surface area contributed by atoms with Crippen molar-refractivity contribution in [2.24, 2.45) is 17.6 Å². The average molecular weight is 240 g/mol. The third-order valence-electron chi connectivity index (χ3n) is 3.89. The van der Waals surface area contributed by atoms with Gasteiger partial charge < -0.3 is 10.6 Å². The Morgan fingerprint density at radius 3 is 2.41 bits per heavy atom. The maximum atomic E-state index is 12.2. The summed E-state index contributed by atoms with van der Waals surface area (Å²) in [5.74, 6) is 1.19. The van der Waals surface area contributed by atoms with Crippen LogP contribution in [-0.2, 0) is 4.79 Å². The fourth-order valence-corrected chi connectivity index (χ4v) is 2.80. The molecule has 0 radical (unpaired) electrons. The van der Waals surface area contributed by atoms with Crippen LogP contribution in [-0.4, -0.2) is 30.4 Å². The van der Waals surface area contributed by atoms with E-state index in [1.807, 2.05) is 4.90 Å². The number of nitrogens with two attached hydrogens (primary N) is 1. The van der Waals surface area contributed by atoms with E-state index >= 15 is 0 Å². The van der Waals surface area contributed by atoms with E-state index < -0.39 is 0 Å². The molecule has 0 saturated carbocycles. The number of piperidine rings is 1. The Morgan fingerprint density at radius 2 is 1.94 bits per heavy atom. The van der Waals surface area contributed by atoms with Crippen LogP contribution in [0.3, 0.4) is 0 Å². The van der Waals surface area contributed by atoms with Crippen LogP contribution in [0.2, 0.25) is 0 Å². The van der Waals surface area contributed by atoms with Gasteiger partial charge in [-0.05, 0) is 25.2 Å².